The second-order valence-electron chi connectivity index (χ2n) is 7.25. The lowest BCUT2D eigenvalue weighted by atomic mass is 9.62. The predicted octanol–water partition coefficient (Wildman–Crippen LogP) is 2.74. The van der Waals surface area contributed by atoms with Crippen LogP contribution in [-0.4, -0.2) is 42.0 Å². The van der Waals surface area contributed by atoms with Gasteiger partial charge in [0.25, 0.3) is 0 Å². The summed E-state index contributed by atoms with van der Waals surface area (Å²) in [4.78, 5) is 30.5. The van der Waals surface area contributed by atoms with Crippen LogP contribution in [0.2, 0.25) is 0 Å². The molecule has 1 aliphatic heterocycles. The molecular formula is C20H27N3O4. The first-order valence-corrected chi connectivity index (χ1v) is 9.56. The predicted molar refractivity (Wildman–Crippen MR) is 101 cm³/mol. The summed E-state index contributed by atoms with van der Waals surface area (Å²) in [5, 5.41) is 9.84. The number of hydrogen-bond donors (Lipinski definition) is 2. The molecule has 2 aliphatic rings. The van der Waals surface area contributed by atoms with E-state index in [-0.39, 0.29) is 12.6 Å². The number of oxime groups is 1. The number of carbonyl (C=O) groups excluding carboxylic acids is 2. The number of nitrogens with zero attached hydrogens (tertiary/aromatic N) is 1. The van der Waals surface area contributed by atoms with Crippen LogP contribution < -0.4 is 10.6 Å². The third-order valence-electron chi connectivity index (χ3n) is 5.03. The Hall–Kier alpha value is -2.57. The molecular weight excluding hydrogens is 346 g/mol. The summed E-state index contributed by atoms with van der Waals surface area (Å²) in [7, 11) is 0. The molecule has 2 N–H and O–H groups in total. The van der Waals surface area contributed by atoms with Gasteiger partial charge in [0.2, 0.25) is 0 Å². The van der Waals surface area contributed by atoms with Crippen molar-refractivity contribution in [3.63, 3.8) is 0 Å². The average Bonchev–Trinajstić information content (AvgIpc) is 3.07. The molecule has 1 spiro atoms. The minimum Gasteiger partial charge on any atom is -0.464 e. The zero-order chi connectivity index (χ0) is 19.3. The van der Waals surface area contributed by atoms with E-state index in [1.54, 1.807) is 6.92 Å². The van der Waals surface area contributed by atoms with Crippen molar-refractivity contribution in [2.75, 3.05) is 13.2 Å². The smallest absolute Gasteiger partial charge is 0.332 e. The third-order valence-corrected chi connectivity index (χ3v) is 5.03. The molecule has 1 saturated carbocycles. The first kappa shape index (κ1) is 19.2. The van der Waals surface area contributed by atoms with E-state index >= 15 is 0 Å². The first-order chi connectivity index (χ1) is 13.0. The van der Waals surface area contributed by atoms with E-state index in [0.717, 1.165) is 24.1 Å². The molecule has 0 radical (unpaired) electrons. The fourth-order valence-corrected chi connectivity index (χ4v) is 3.74. The van der Waals surface area contributed by atoms with Crippen molar-refractivity contribution in [2.45, 2.75) is 57.1 Å². The molecule has 0 unspecified atom stereocenters. The second kappa shape index (κ2) is 7.98. The molecule has 27 heavy (non-hydrogen) atoms. The highest BCUT2D eigenvalue weighted by Crippen LogP contribution is 2.50. The lowest BCUT2D eigenvalue weighted by Crippen LogP contribution is -2.70. The number of nitrogens with one attached hydrogen (secondary N) is 2. The zero-order valence-electron chi connectivity index (χ0n) is 15.9. The fourth-order valence-electron chi connectivity index (χ4n) is 3.74. The minimum absolute atomic E-state index is 0.263. The number of esters is 1. The van der Waals surface area contributed by atoms with Crippen molar-refractivity contribution in [1.82, 2.24) is 10.6 Å². The molecule has 1 aliphatic carbocycles. The van der Waals surface area contributed by atoms with Gasteiger partial charge in [-0.05, 0) is 18.9 Å². The Balaban J connectivity index is 1.64. The van der Waals surface area contributed by atoms with Crippen molar-refractivity contribution in [2.24, 2.45) is 5.16 Å². The molecule has 0 bridgehead atoms. The number of carbonyl (C=O) groups is 2. The van der Waals surface area contributed by atoms with E-state index in [1.165, 1.54) is 0 Å². The van der Waals surface area contributed by atoms with Crippen molar-refractivity contribution in [3.05, 3.63) is 35.9 Å². The molecule has 146 valence electrons. The number of hydrogen-bond acceptors (Lipinski definition) is 5. The van der Waals surface area contributed by atoms with E-state index in [9.17, 15) is 9.59 Å². The van der Waals surface area contributed by atoms with Crippen LogP contribution in [0.5, 0.6) is 0 Å². The molecule has 7 heteroatoms. The molecule has 1 aromatic carbocycles. The number of ether oxygens (including phenoxy) is 1. The molecule has 3 rings (SSSR count). The van der Waals surface area contributed by atoms with Gasteiger partial charge < -0.3 is 20.2 Å². The summed E-state index contributed by atoms with van der Waals surface area (Å²) in [6.45, 7) is 4.64. The van der Waals surface area contributed by atoms with E-state index in [1.807, 2.05) is 30.3 Å². The van der Waals surface area contributed by atoms with E-state index < -0.39 is 17.1 Å². The molecule has 0 aromatic heterocycles. The maximum absolute atomic E-state index is 12.5. The summed E-state index contributed by atoms with van der Waals surface area (Å²) in [5.41, 5.74) is 0.247. The standard InChI is InChI=1S/C20H27N3O4/c1-3-5-11-21-18(25)22-20(17(24)26-4-2)13-19(14-20)12-16(23-27-19)15-9-7-6-8-10-15/h6-10H,3-5,11-14H2,1-2H3,(H2,21,22,25). The summed E-state index contributed by atoms with van der Waals surface area (Å²) in [5.74, 6) is -0.418. The van der Waals surface area contributed by atoms with Gasteiger partial charge in [-0.1, -0.05) is 48.8 Å². The molecule has 1 aromatic rings. The van der Waals surface area contributed by atoms with Gasteiger partial charge >= 0.3 is 12.0 Å². The highest BCUT2D eigenvalue weighted by molar-refractivity contribution is 6.02. The van der Waals surface area contributed by atoms with Crippen molar-refractivity contribution in [3.8, 4) is 0 Å². The van der Waals surface area contributed by atoms with Crippen molar-refractivity contribution >= 4 is 17.7 Å². The quantitative estimate of drug-likeness (QED) is 0.568. The number of urea groups is 1. The summed E-state index contributed by atoms with van der Waals surface area (Å²) >= 11 is 0. The van der Waals surface area contributed by atoms with Crippen LogP contribution in [0.4, 0.5) is 4.79 Å². The molecule has 0 atom stereocenters. The van der Waals surface area contributed by atoms with Crippen LogP contribution >= 0.6 is 0 Å². The highest BCUT2D eigenvalue weighted by Gasteiger charge is 2.64. The topological polar surface area (TPSA) is 89.0 Å². The Labute approximate surface area is 159 Å². The van der Waals surface area contributed by atoms with Crippen LogP contribution in [0.15, 0.2) is 35.5 Å². The van der Waals surface area contributed by atoms with Gasteiger partial charge in [0, 0.05) is 25.8 Å². The van der Waals surface area contributed by atoms with E-state index in [0.29, 0.717) is 25.8 Å². The summed E-state index contributed by atoms with van der Waals surface area (Å²) in [6, 6.07) is 9.47. The van der Waals surface area contributed by atoms with Crippen LogP contribution in [0.3, 0.4) is 0 Å². The molecule has 0 saturated heterocycles. The Bertz CT molecular complexity index is 711. The normalized spacial score (nSPS) is 25.9. The van der Waals surface area contributed by atoms with Crippen molar-refractivity contribution < 1.29 is 19.2 Å². The maximum Gasteiger partial charge on any atom is 0.332 e. The SMILES string of the molecule is CCCCNC(=O)NC1(C(=O)OCC)CC2(CC(c3ccccc3)=NO2)C1. The van der Waals surface area contributed by atoms with Gasteiger partial charge in [-0.2, -0.15) is 0 Å². The largest absolute Gasteiger partial charge is 0.464 e. The lowest BCUT2D eigenvalue weighted by molar-refractivity contribution is -0.177. The van der Waals surface area contributed by atoms with Crippen LogP contribution in [0, 0.1) is 0 Å². The molecule has 1 heterocycles. The first-order valence-electron chi connectivity index (χ1n) is 9.56. The molecule has 7 nitrogen and oxygen atoms in total. The molecule has 2 amide bonds. The van der Waals surface area contributed by atoms with E-state index in [2.05, 4.69) is 22.7 Å². The molecule has 1 fully saturated rings. The Kier molecular flexibility index (Phi) is 5.68. The number of unbranched alkanes of at least 4 members (excludes halogenated alkanes) is 1. The monoisotopic (exact) mass is 373 g/mol. The van der Waals surface area contributed by atoms with Gasteiger partial charge in [-0.15, -0.1) is 0 Å². The summed E-state index contributed by atoms with van der Waals surface area (Å²) < 4.78 is 5.22. The second-order valence-corrected chi connectivity index (χ2v) is 7.25. The van der Waals surface area contributed by atoms with Gasteiger partial charge in [-0.25, -0.2) is 9.59 Å². The Morgan fingerprint density at radius 3 is 2.63 bits per heavy atom. The minimum atomic E-state index is -1.06. The highest BCUT2D eigenvalue weighted by atomic mass is 16.7. The fraction of sp³-hybridized carbons (Fsp3) is 0.550. The Morgan fingerprint density at radius 2 is 1.96 bits per heavy atom. The third kappa shape index (κ3) is 4.07. The van der Waals surface area contributed by atoms with Gasteiger partial charge in [0.05, 0.1) is 12.3 Å². The maximum atomic E-state index is 12.5. The van der Waals surface area contributed by atoms with Crippen LogP contribution in [0.1, 0.15) is 51.5 Å². The van der Waals surface area contributed by atoms with Crippen LogP contribution in [0.25, 0.3) is 0 Å². The lowest BCUT2D eigenvalue weighted by Gasteiger charge is -2.50. The average molecular weight is 373 g/mol. The zero-order valence-corrected chi connectivity index (χ0v) is 15.9. The number of benzene rings is 1. The van der Waals surface area contributed by atoms with E-state index in [4.69, 9.17) is 9.57 Å². The Morgan fingerprint density at radius 1 is 1.22 bits per heavy atom. The number of rotatable bonds is 7. The van der Waals surface area contributed by atoms with Gasteiger partial charge in [0.15, 0.2) is 0 Å². The number of amides is 2. The summed E-state index contributed by atoms with van der Waals surface area (Å²) in [6.07, 6.45) is 3.18. The van der Waals surface area contributed by atoms with Crippen LogP contribution in [-0.2, 0) is 14.4 Å². The van der Waals surface area contributed by atoms with Gasteiger partial charge in [-0.3, -0.25) is 0 Å². The van der Waals surface area contributed by atoms with Gasteiger partial charge in [0.1, 0.15) is 11.1 Å². The van der Waals surface area contributed by atoms with Crippen molar-refractivity contribution in [1.29, 1.82) is 0 Å².